The molecule has 4 heteroatoms. The summed E-state index contributed by atoms with van der Waals surface area (Å²) < 4.78 is 6.01. The first-order valence-corrected chi connectivity index (χ1v) is 7.51. The maximum absolute atomic E-state index is 11.2. The van der Waals surface area contributed by atoms with Gasteiger partial charge >= 0.3 is 5.97 Å². The molecule has 98 valence electrons. The van der Waals surface area contributed by atoms with Gasteiger partial charge in [0.2, 0.25) is 0 Å². The fraction of sp³-hybridized carbons (Fsp3) is 0.643. The first-order valence-electron chi connectivity index (χ1n) is 6.70. The number of rotatable bonds is 4. The van der Waals surface area contributed by atoms with E-state index in [2.05, 4.69) is 0 Å². The molecule has 3 unspecified atom stereocenters. The second-order valence-corrected chi connectivity index (χ2v) is 6.53. The molecule has 0 spiro atoms. The van der Waals surface area contributed by atoms with Gasteiger partial charge in [-0.05, 0) is 50.0 Å². The van der Waals surface area contributed by atoms with E-state index in [-0.39, 0.29) is 6.10 Å². The van der Waals surface area contributed by atoms with E-state index in [1.807, 2.05) is 13.0 Å². The maximum atomic E-state index is 11.2. The topological polar surface area (TPSA) is 46.5 Å². The largest absolute Gasteiger partial charge is 0.488 e. The van der Waals surface area contributed by atoms with Gasteiger partial charge in [0, 0.05) is 4.88 Å². The van der Waals surface area contributed by atoms with Crippen LogP contribution < -0.4 is 4.74 Å². The number of ether oxygens (including phenoxy) is 1. The van der Waals surface area contributed by atoms with Crippen LogP contribution in [-0.4, -0.2) is 17.2 Å². The highest BCUT2D eigenvalue weighted by Gasteiger charge is 2.41. The number of hydrogen-bond acceptors (Lipinski definition) is 3. The molecular formula is C14H18O3S. The molecule has 1 aromatic rings. The third-order valence-electron chi connectivity index (χ3n) is 4.24. The van der Waals surface area contributed by atoms with E-state index < -0.39 is 5.97 Å². The molecule has 3 rings (SSSR count). The second kappa shape index (κ2) is 4.57. The zero-order valence-corrected chi connectivity index (χ0v) is 11.3. The molecule has 3 atom stereocenters. The quantitative estimate of drug-likeness (QED) is 0.906. The van der Waals surface area contributed by atoms with E-state index >= 15 is 0 Å². The van der Waals surface area contributed by atoms with Gasteiger partial charge in [-0.2, -0.15) is 0 Å². The van der Waals surface area contributed by atoms with Crippen molar-refractivity contribution >= 4 is 17.3 Å². The number of thiophene rings is 1. The lowest BCUT2D eigenvalue weighted by Crippen LogP contribution is -2.23. The van der Waals surface area contributed by atoms with Crippen LogP contribution in [0.15, 0.2) is 6.07 Å². The lowest BCUT2D eigenvalue weighted by molar-refractivity contribution is 0.0690. The Morgan fingerprint density at radius 3 is 2.89 bits per heavy atom. The number of aryl methyl sites for hydroxylation is 1. The number of carboxylic acids is 1. The fourth-order valence-corrected chi connectivity index (χ4v) is 4.19. The molecule has 3 nitrogen and oxygen atoms in total. The van der Waals surface area contributed by atoms with Crippen LogP contribution in [-0.2, 0) is 6.42 Å². The molecule has 0 aromatic carbocycles. The Kier molecular flexibility index (Phi) is 3.06. The number of aromatic carboxylic acids is 1. The Morgan fingerprint density at radius 1 is 1.50 bits per heavy atom. The van der Waals surface area contributed by atoms with Crippen molar-refractivity contribution in [3.05, 3.63) is 15.8 Å². The minimum atomic E-state index is -0.863. The average molecular weight is 266 g/mol. The normalized spacial score (nSPS) is 29.7. The number of carbonyl (C=O) groups is 1. The number of fused-ring (bicyclic) bond motifs is 2. The first kappa shape index (κ1) is 12.0. The molecule has 2 fully saturated rings. The van der Waals surface area contributed by atoms with Crippen molar-refractivity contribution in [2.75, 3.05) is 0 Å². The van der Waals surface area contributed by atoms with Crippen LogP contribution in [0.1, 0.15) is 47.2 Å². The molecule has 2 saturated carbocycles. The van der Waals surface area contributed by atoms with Crippen molar-refractivity contribution in [2.45, 2.75) is 45.1 Å². The van der Waals surface area contributed by atoms with E-state index in [9.17, 15) is 9.90 Å². The first-order chi connectivity index (χ1) is 8.67. The van der Waals surface area contributed by atoms with Gasteiger partial charge in [0.15, 0.2) is 4.88 Å². The summed E-state index contributed by atoms with van der Waals surface area (Å²) in [5.41, 5.74) is 0. The zero-order valence-electron chi connectivity index (χ0n) is 10.5. The van der Waals surface area contributed by atoms with E-state index in [1.54, 1.807) is 0 Å². The van der Waals surface area contributed by atoms with Crippen LogP contribution in [0, 0.1) is 11.8 Å². The minimum Gasteiger partial charge on any atom is -0.488 e. The van der Waals surface area contributed by atoms with E-state index in [4.69, 9.17) is 4.74 Å². The van der Waals surface area contributed by atoms with Crippen molar-refractivity contribution in [2.24, 2.45) is 11.8 Å². The summed E-state index contributed by atoms with van der Waals surface area (Å²) in [6.07, 6.45) is 6.09. The number of hydrogen-bond donors (Lipinski definition) is 1. The van der Waals surface area contributed by atoms with Crippen LogP contribution in [0.4, 0.5) is 0 Å². The van der Waals surface area contributed by atoms with E-state index in [0.29, 0.717) is 16.5 Å². The second-order valence-electron chi connectivity index (χ2n) is 5.40. The third kappa shape index (κ3) is 2.03. The predicted molar refractivity (Wildman–Crippen MR) is 70.5 cm³/mol. The van der Waals surface area contributed by atoms with Crippen molar-refractivity contribution < 1.29 is 14.6 Å². The lowest BCUT2D eigenvalue weighted by atomic mass is 9.98. The van der Waals surface area contributed by atoms with Gasteiger partial charge < -0.3 is 9.84 Å². The van der Waals surface area contributed by atoms with Gasteiger partial charge in [0.05, 0.1) is 0 Å². The molecule has 1 aromatic heterocycles. The number of carboxylic acid groups (broad SMARTS) is 1. The third-order valence-corrected chi connectivity index (χ3v) is 5.49. The van der Waals surface area contributed by atoms with Crippen LogP contribution in [0.3, 0.4) is 0 Å². The van der Waals surface area contributed by atoms with Gasteiger partial charge in [-0.25, -0.2) is 4.79 Å². The summed E-state index contributed by atoms with van der Waals surface area (Å²) in [5, 5.41) is 9.21. The standard InChI is InChI=1S/C14H18O3S/c1-2-10-7-12(13(18-10)14(15)16)17-11-6-8-3-4-9(11)5-8/h7-9,11H,2-6H2,1H3,(H,15,16). The van der Waals surface area contributed by atoms with Crippen LogP contribution in [0.5, 0.6) is 5.75 Å². The Balaban J connectivity index is 1.79. The van der Waals surface area contributed by atoms with Crippen LogP contribution in [0.25, 0.3) is 0 Å². The fourth-order valence-electron chi connectivity index (χ4n) is 3.33. The van der Waals surface area contributed by atoms with Crippen molar-refractivity contribution in [1.29, 1.82) is 0 Å². The molecule has 0 saturated heterocycles. The smallest absolute Gasteiger partial charge is 0.349 e. The van der Waals surface area contributed by atoms with Gasteiger partial charge in [-0.3, -0.25) is 0 Å². The Labute approximate surface area is 111 Å². The Morgan fingerprint density at radius 2 is 2.33 bits per heavy atom. The predicted octanol–water partition coefficient (Wildman–Crippen LogP) is 3.58. The van der Waals surface area contributed by atoms with Gasteiger partial charge in [0.1, 0.15) is 11.9 Å². The Hall–Kier alpha value is -1.03. The molecule has 2 aliphatic carbocycles. The SMILES string of the molecule is CCc1cc(OC2CC3CCC2C3)c(C(=O)O)s1. The Bertz CT molecular complexity index is 466. The van der Waals surface area contributed by atoms with Crippen molar-refractivity contribution in [3.8, 4) is 5.75 Å². The molecule has 0 radical (unpaired) electrons. The van der Waals surface area contributed by atoms with E-state index in [0.717, 1.165) is 23.6 Å². The lowest BCUT2D eigenvalue weighted by Gasteiger charge is -2.22. The summed E-state index contributed by atoms with van der Waals surface area (Å²) in [7, 11) is 0. The van der Waals surface area contributed by atoms with Crippen molar-refractivity contribution in [3.63, 3.8) is 0 Å². The molecule has 0 aliphatic heterocycles. The molecule has 1 heterocycles. The minimum absolute atomic E-state index is 0.251. The highest BCUT2D eigenvalue weighted by Crippen LogP contribution is 2.46. The maximum Gasteiger partial charge on any atom is 0.349 e. The summed E-state index contributed by atoms with van der Waals surface area (Å²) >= 11 is 1.35. The molecule has 1 N–H and O–H groups in total. The molecule has 2 bridgehead atoms. The highest BCUT2D eigenvalue weighted by atomic mass is 32.1. The van der Waals surface area contributed by atoms with E-state index in [1.165, 1.54) is 30.6 Å². The van der Waals surface area contributed by atoms with Crippen LogP contribution in [0.2, 0.25) is 0 Å². The van der Waals surface area contributed by atoms with Gasteiger partial charge in [-0.1, -0.05) is 6.92 Å². The van der Waals surface area contributed by atoms with Gasteiger partial charge in [0.25, 0.3) is 0 Å². The molecule has 18 heavy (non-hydrogen) atoms. The highest BCUT2D eigenvalue weighted by molar-refractivity contribution is 7.14. The monoisotopic (exact) mass is 266 g/mol. The summed E-state index contributed by atoms with van der Waals surface area (Å²) in [6, 6.07) is 1.92. The average Bonchev–Trinajstić information content (AvgIpc) is 3.02. The zero-order chi connectivity index (χ0) is 12.7. The van der Waals surface area contributed by atoms with Crippen LogP contribution >= 0.6 is 11.3 Å². The van der Waals surface area contributed by atoms with Gasteiger partial charge in [-0.15, -0.1) is 11.3 Å². The molecular weight excluding hydrogens is 248 g/mol. The molecule has 0 amide bonds. The molecule has 2 aliphatic rings. The summed E-state index contributed by atoms with van der Waals surface area (Å²) in [6.45, 7) is 2.04. The summed E-state index contributed by atoms with van der Waals surface area (Å²) in [5.74, 6) is 1.21. The van der Waals surface area contributed by atoms with Crippen molar-refractivity contribution in [1.82, 2.24) is 0 Å². The summed E-state index contributed by atoms with van der Waals surface area (Å²) in [4.78, 5) is 12.7.